The minimum absolute atomic E-state index is 0.136. The summed E-state index contributed by atoms with van der Waals surface area (Å²) in [6, 6.07) is 4.60. The van der Waals surface area contributed by atoms with Gasteiger partial charge in [-0.25, -0.2) is 4.39 Å². The summed E-state index contributed by atoms with van der Waals surface area (Å²) in [5, 5.41) is 2.63. The predicted octanol–water partition coefficient (Wildman–Crippen LogP) is 2.33. The number of rotatable bonds is 4. The average molecular weight is 303 g/mol. The predicted molar refractivity (Wildman–Crippen MR) is 68.8 cm³/mol. The van der Waals surface area contributed by atoms with Crippen molar-refractivity contribution in [3.63, 3.8) is 0 Å². The van der Waals surface area contributed by atoms with E-state index in [1.54, 1.807) is 19.1 Å². The highest BCUT2D eigenvalue weighted by Crippen LogP contribution is 2.15. The van der Waals surface area contributed by atoms with E-state index in [2.05, 4.69) is 21.2 Å². The second-order valence-electron chi connectivity index (χ2n) is 4.19. The first-order valence-electron chi connectivity index (χ1n) is 5.38. The van der Waals surface area contributed by atoms with E-state index in [4.69, 9.17) is 5.73 Å². The molecule has 5 heteroatoms. The molecule has 1 aromatic rings. The van der Waals surface area contributed by atoms with Gasteiger partial charge in [0.05, 0.1) is 5.54 Å². The highest BCUT2D eigenvalue weighted by molar-refractivity contribution is 9.10. The van der Waals surface area contributed by atoms with Gasteiger partial charge in [-0.1, -0.05) is 22.9 Å². The number of hydrogen-bond acceptors (Lipinski definition) is 2. The van der Waals surface area contributed by atoms with Crippen LogP contribution in [0.25, 0.3) is 0 Å². The zero-order chi connectivity index (χ0) is 13.1. The maximum Gasteiger partial charge on any atom is 0.240 e. The molecule has 0 aliphatic heterocycles. The average Bonchev–Trinajstić information content (AvgIpc) is 2.29. The van der Waals surface area contributed by atoms with E-state index >= 15 is 0 Å². The molecular weight excluding hydrogens is 287 g/mol. The Labute approximate surface area is 109 Å². The molecule has 3 nitrogen and oxygen atoms in total. The standard InChI is InChI=1S/C12H16BrFN2O/c1-3-12(2,15)11(17)16-7-8-6-9(13)4-5-10(8)14/h4-6H,3,7,15H2,1-2H3,(H,16,17). The molecule has 17 heavy (non-hydrogen) atoms. The summed E-state index contributed by atoms with van der Waals surface area (Å²) in [6.07, 6.45) is 0.528. The lowest BCUT2D eigenvalue weighted by Crippen LogP contribution is -2.50. The zero-order valence-electron chi connectivity index (χ0n) is 9.89. The van der Waals surface area contributed by atoms with Crippen molar-refractivity contribution < 1.29 is 9.18 Å². The van der Waals surface area contributed by atoms with Crippen LogP contribution in [-0.2, 0) is 11.3 Å². The number of carbonyl (C=O) groups is 1. The first kappa shape index (κ1) is 14.1. The Hall–Kier alpha value is -0.940. The Morgan fingerprint density at radius 1 is 1.59 bits per heavy atom. The molecule has 0 aliphatic rings. The first-order valence-corrected chi connectivity index (χ1v) is 6.17. The van der Waals surface area contributed by atoms with Crippen molar-refractivity contribution in [2.24, 2.45) is 5.73 Å². The molecule has 0 saturated heterocycles. The van der Waals surface area contributed by atoms with Crippen molar-refractivity contribution in [2.45, 2.75) is 32.4 Å². The van der Waals surface area contributed by atoms with E-state index in [0.29, 0.717) is 12.0 Å². The molecular formula is C12H16BrFN2O. The fourth-order valence-corrected chi connectivity index (χ4v) is 1.63. The van der Waals surface area contributed by atoms with Crippen molar-refractivity contribution in [2.75, 3.05) is 0 Å². The highest BCUT2D eigenvalue weighted by atomic mass is 79.9. The Balaban J connectivity index is 2.68. The zero-order valence-corrected chi connectivity index (χ0v) is 11.5. The molecule has 1 atom stereocenters. The third-order valence-electron chi connectivity index (χ3n) is 2.70. The number of halogens is 2. The lowest BCUT2D eigenvalue weighted by molar-refractivity contribution is -0.126. The third-order valence-corrected chi connectivity index (χ3v) is 3.19. The summed E-state index contributed by atoms with van der Waals surface area (Å²) in [4.78, 5) is 11.7. The molecule has 0 aromatic heterocycles. The molecule has 0 bridgehead atoms. The van der Waals surface area contributed by atoms with Crippen LogP contribution in [0.2, 0.25) is 0 Å². The van der Waals surface area contributed by atoms with Crippen LogP contribution in [0.15, 0.2) is 22.7 Å². The summed E-state index contributed by atoms with van der Waals surface area (Å²) < 4.78 is 14.2. The second kappa shape index (κ2) is 5.60. The molecule has 1 unspecified atom stereocenters. The van der Waals surface area contributed by atoms with E-state index in [1.807, 2.05) is 6.92 Å². The minimum atomic E-state index is -0.914. The SMILES string of the molecule is CCC(C)(N)C(=O)NCc1cc(Br)ccc1F. The lowest BCUT2D eigenvalue weighted by atomic mass is 9.99. The van der Waals surface area contributed by atoms with Crippen LogP contribution in [0.3, 0.4) is 0 Å². The van der Waals surface area contributed by atoms with Crippen molar-refractivity contribution in [3.8, 4) is 0 Å². The van der Waals surface area contributed by atoms with Gasteiger partial charge in [-0.15, -0.1) is 0 Å². The molecule has 0 aliphatic carbocycles. The Morgan fingerprint density at radius 3 is 2.82 bits per heavy atom. The molecule has 0 saturated carbocycles. The number of nitrogens with two attached hydrogens (primary N) is 1. The van der Waals surface area contributed by atoms with Crippen molar-refractivity contribution in [1.82, 2.24) is 5.32 Å². The van der Waals surface area contributed by atoms with E-state index < -0.39 is 5.54 Å². The lowest BCUT2D eigenvalue weighted by Gasteiger charge is -2.21. The van der Waals surface area contributed by atoms with Crippen molar-refractivity contribution in [3.05, 3.63) is 34.1 Å². The fourth-order valence-electron chi connectivity index (χ4n) is 1.22. The van der Waals surface area contributed by atoms with Gasteiger partial charge in [0.1, 0.15) is 5.82 Å². The van der Waals surface area contributed by atoms with Gasteiger partial charge in [0, 0.05) is 16.6 Å². The third kappa shape index (κ3) is 3.78. The topological polar surface area (TPSA) is 55.1 Å². The monoisotopic (exact) mass is 302 g/mol. The maximum atomic E-state index is 13.4. The smallest absolute Gasteiger partial charge is 0.240 e. The Morgan fingerprint density at radius 2 is 2.24 bits per heavy atom. The molecule has 94 valence electrons. The van der Waals surface area contributed by atoms with E-state index in [-0.39, 0.29) is 18.3 Å². The van der Waals surface area contributed by atoms with E-state index in [1.165, 1.54) is 6.07 Å². The second-order valence-corrected chi connectivity index (χ2v) is 5.11. The van der Waals surface area contributed by atoms with Gasteiger partial charge in [-0.2, -0.15) is 0 Å². The largest absolute Gasteiger partial charge is 0.350 e. The van der Waals surface area contributed by atoms with Gasteiger partial charge < -0.3 is 11.1 Å². The van der Waals surface area contributed by atoms with Crippen LogP contribution in [0.1, 0.15) is 25.8 Å². The minimum Gasteiger partial charge on any atom is -0.350 e. The van der Waals surface area contributed by atoms with Gasteiger partial charge >= 0.3 is 0 Å². The number of benzene rings is 1. The number of carbonyl (C=O) groups excluding carboxylic acids is 1. The van der Waals surface area contributed by atoms with Gasteiger partial charge in [0.15, 0.2) is 0 Å². The van der Waals surface area contributed by atoms with Crippen LogP contribution >= 0.6 is 15.9 Å². The summed E-state index contributed by atoms with van der Waals surface area (Å²) in [7, 11) is 0. The number of hydrogen-bond donors (Lipinski definition) is 2. The molecule has 1 amide bonds. The van der Waals surface area contributed by atoms with Gasteiger partial charge in [0.2, 0.25) is 5.91 Å². The van der Waals surface area contributed by atoms with Gasteiger partial charge in [-0.3, -0.25) is 4.79 Å². The van der Waals surface area contributed by atoms with E-state index in [0.717, 1.165) is 4.47 Å². The molecule has 0 spiro atoms. The molecule has 0 heterocycles. The number of amides is 1. The van der Waals surface area contributed by atoms with Crippen LogP contribution in [-0.4, -0.2) is 11.4 Å². The van der Waals surface area contributed by atoms with Crippen LogP contribution in [0.5, 0.6) is 0 Å². The van der Waals surface area contributed by atoms with Crippen molar-refractivity contribution in [1.29, 1.82) is 0 Å². The summed E-state index contributed by atoms with van der Waals surface area (Å²) in [5.74, 6) is -0.622. The number of nitrogens with one attached hydrogen (secondary N) is 1. The Kier molecular flexibility index (Phi) is 4.65. The molecule has 1 aromatic carbocycles. The summed E-state index contributed by atoms with van der Waals surface area (Å²) >= 11 is 3.25. The molecule has 3 N–H and O–H groups in total. The van der Waals surface area contributed by atoms with Crippen LogP contribution < -0.4 is 11.1 Å². The molecule has 1 rings (SSSR count). The first-order chi connectivity index (χ1) is 7.86. The molecule has 0 fully saturated rings. The quantitative estimate of drug-likeness (QED) is 0.897. The normalized spacial score (nSPS) is 14.2. The summed E-state index contributed by atoms with van der Waals surface area (Å²) in [5.41, 5.74) is 5.29. The van der Waals surface area contributed by atoms with Crippen LogP contribution in [0, 0.1) is 5.82 Å². The fraction of sp³-hybridized carbons (Fsp3) is 0.417. The van der Waals surface area contributed by atoms with Gasteiger partial charge in [-0.05, 0) is 31.5 Å². The van der Waals surface area contributed by atoms with Crippen molar-refractivity contribution >= 4 is 21.8 Å². The highest BCUT2D eigenvalue weighted by Gasteiger charge is 2.25. The summed E-state index contributed by atoms with van der Waals surface area (Å²) in [6.45, 7) is 3.62. The maximum absolute atomic E-state index is 13.4. The molecule has 0 radical (unpaired) electrons. The van der Waals surface area contributed by atoms with Gasteiger partial charge in [0.25, 0.3) is 0 Å². The van der Waals surface area contributed by atoms with E-state index in [9.17, 15) is 9.18 Å². The Bertz CT molecular complexity index is 421. The van der Waals surface area contributed by atoms with Crippen LogP contribution in [0.4, 0.5) is 4.39 Å².